The Hall–Kier alpha value is -4.66. The first-order chi connectivity index (χ1) is 25.1. The number of esters is 1. The molecule has 2 heterocycles. The molecule has 290 valence electrons. The molecule has 1 aromatic carbocycles. The van der Waals surface area contributed by atoms with E-state index in [4.69, 9.17) is 4.74 Å². The maximum absolute atomic E-state index is 14.1. The summed E-state index contributed by atoms with van der Waals surface area (Å²) in [6.45, 7) is 8.20. The molecule has 3 amide bonds. The normalized spacial score (nSPS) is 27.9. The van der Waals surface area contributed by atoms with Crippen LogP contribution in [0.15, 0.2) is 59.9 Å². The summed E-state index contributed by atoms with van der Waals surface area (Å²) >= 11 is 0. The molecule has 1 fully saturated rings. The van der Waals surface area contributed by atoms with Crippen LogP contribution in [0.25, 0.3) is 0 Å². The Morgan fingerprint density at radius 3 is 2.47 bits per heavy atom. The summed E-state index contributed by atoms with van der Waals surface area (Å²) in [5.74, 6) is -5.15. The fourth-order valence-corrected chi connectivity index (χ4v) is 6.20. The van der Waals surface area contributed by atoms with E-state index in [1.54, 1.807) is 52.0 Å². The number of ketones is 1. The number of hydrazine groups is 1. The molecule has 0 saturated carbocycles. The predicted molar refractivity (Wildman–Crippen MR) is 195 cm³/mol. The van der Waals surface area contributed by atoms with Gasteiger partial charge in [-0.1, -0.05) is 57.2 Å². The van der Waals surface area contributed by atoms with Crippen LogP contribution in [0.1, 0.15) is 78.7 Å². The van der Waals surface area contributed by atoms with E-state index in [0.29, 0.717) is 30.3 Å². The fraction of sp³-hybridized carbons (Fsp3) is 0.538. The standard InChI is InChI=1S/C39H54N4O10/c1-23(2)34-37(50)40-31(22-27-11-9-12-28(46)21-27)38(51)43-19-10-13-30(42-43)39(52)53-33(24(3)18-20-44)15-8-6-7-14-32(47)26(5)35(48)29(36(49)41-34)17-16-25(4)45/h6-9,11-12,14,20-21,23,26,29-32,34-35,42,46-48H,10,13,15-19,22H2,1-5H3,(H,40,50)(H,41,49)/b8-6?,14-7?,33-24-. The molecule has 0 aromatic heterocycles. The quantitative estimate of drug-likeness (QED) is 0.168. The summed E-state index contributed by atoms with van der Waals surface area (Å²) in [5, 5.41) is 39.2. The summed E-state index contributed by atoms with van der Waals surface area (Å²) in [4.78, 5) is 78.6. The molecule has 6 N–H and O–H groups in total. The van der Waals surface area contributed by atoms with Crippen molar-refractivity contribution in [1.82, 2.24) is 21.1 Å². The minimum Gasteiger partial charge on any atom is -0.508 e. The van der Waals surface area contributed by atoms with Crippen molar-refractivity contribution >= 4 is 35.8 Å². The van der Waals surface area contributed by atoms with Crippen molar-refractivity contribution in [2.24, 2.45) is 17.8 Å². The predicted octanol–water partition coefficient (Wildman–Crippen LogP) is 2.32. The number of aldehydes is 1. The second kappa shape index (κ2) is 20.5. The number of cyclic esters (lactones) is 1. The summed E-state index contributed by atoms with van der Waals surface area (Å²) in [6.07, 6.45) is 5.13. The van der Waals surface area contributed by atoms with E-state index >= 15 is 0 Å². The van der Waals surface area contributed by atoms with Crippen molar-refractivity contribution in [3.05, 3.63) is 65.5 Å². The van der Waals surface area contributed by atoms with Crippen molar-refractivity contribution < 1.29 is 48.8 Å². The summed E-state index contributed by atoms with van der Waals surface area (Å²) < 4.78 is 5.77. The third kappa shape index (κ3) is 12.8. The topological polar surface area (TPSA) is 212 Å². The van der Waals surface area contributed by atoms with Crippen LogP contribution in [0.5, 0.6) is 5.75 Å². The van der Waals surface area contributed by atoms with Gasteiger partial charge in [0.05, 0.1) is 18.1 Å². The number of hydrogen-bond donors (Lipinski definition) is 6. The minimum atomic E-state index is -1.41. The molecule has 0 spiro atoms. The lowest BCUT2D eigenvalue weighted by molar-refractivity contribution is -0.150. The lowest BCUT2D eigenvalue weighted by Gasteiger charge is -2.36. The highest BCUT2D eigenvalue weighted by molar-refractivity contribution is 5.93. The van der Waals surface area contributed by atoms with E-state index in [1.165, 1.54) is 36.2 Å². The number of benzene rings is 1. The highest BCUT2D eigenvalue weighted by Crippen LogP contribution is 2.24. The largest absolute Gasteiger partial charge is 0.508 e. The van der Waals surface area contributed by atoms with Gasteiger partial charge >= 0.3 is 5.97 Å². The molecule has 2 bridgehead atoms. The van der Waals surface area contributed by atoms with E-state index in [0.717, 1.165) is 0 Å². The molecule has 1 aromatic rings. The van der Waals surface area contributed by atoms with E-state index in [-0.39, 0.29) is 55.9 Å². The number of carbonyl (C=O) groups is 6. The zero-order valence-electron chi connectivity index (χ0n) is 31.1. The van der Waals surface area contributed by atoms with Crippen LogP contribution in [0.3, 0.4) is 0 Å². The monoisotopic (exact) mass is 738 g/mol. The number of nitrogens with zero attached hydrogens (tertiary/aromatic N) is 1. The Morgan fingerprint density at radius 1 is 1.08 bits per heavy atom. The van der Waals surface area contributed by atoms with Gasteiger partial charge in [-0.05, 0) is 62.3 Å². The first-order valence-electron chi connectivity index (χ1n) is 18.1. The van der Waals surface area contributed by atoms with E-state index in [2.05, 4.69) is 16.1 Å². The molecule has 3 rings (SSSR count). The number of aliphatic hydroxyl groups is 2. The maximum atomic E-state index is 14.1. The van der Waals surface area contributed by atoms with Crippen molar-refractivity contribution in [2.45, 2.75) is 110 Å². The number of fused-ring (bicyclic) bond motifs is 2. The molecular formula is C39H54N4O10. The average molecular weight is 739 g/mol. The number of Topliss-reactive ketones (excluding diaryl/α,β-unsaturated/α-hetero) is 1. The highest BCUT2D eigenvalue weighted by atomic mass is 16.5. The molecule has 14 heteroatoms. The first kappa shape index (κ1) is 42.8. The molecule has 53 heavy (non-hydrogen) atoms. The Bertz CT molecular complexity index is 1570. The Balaban J connectivity index is 2.08. The number of aliphatic hydroxyl groups excluding tert-OH is 2. The molecular weight excluding hydrogens is 684 g/mol. The van der Waals surface area contributed by atoms with Gasteiger partial charge in [0, 0.05) is 38.1 Å². The number of amides is 3. The average Bonchev–Trinajstić information content (AvgIpc) is 3.11. The van der Waals surface area contributed by atoms with E-state index < -0.39 is 71.8 Å². The SMILES string of the molecule is CC(=O)CCC1C(=O)NC(C(C)C)C(=O)NC(Cc2cccc(O)c2)C(=O)N2CCCC(N2)C(=O)O/C(=C(/C)CC=O)CC=CC=CC(O)C(C)C1O. The summed E-state index contributed by atoms with van der Waals surface area (Å²) in [6, 6.07) is 2.90. The molecule has 7 unspecified atom stereocenters. The number of phenolic OH excluding ortho intramolecular Hbond substituents is 1. The fourth-order valence-electron chi connectivity index (χ4n) is 6.20. The maximum Gasteiger partial charge on any atom is 0.330 e. The van der Waals surface area contributed by atoms with Crippen molar-refractivity contribution in [2.75, 3.05) is 6.54 Å². The first-order valence-corrected chi connectivity index (χ1v) is 18.1. The van der Waals surface area contributed by atoms with Gasteiger partial charge in [0.2, 0.25) is 11.8 Å². The zero-order valence-corrected chi connectivity index (χ0v) is 31.1. The highest BCUT2D eigenvalue weighted by Gasteiger charge is 2.38. The number of hydrogen-bond acceptors (Lipinski definition) is 11. The molecule has 2 aliphatic heterocycles. The van der Waals surface area contributed by atoms with Gasteiger partial charge in [0.1, 0.15) is 41.7 Å². The summed E-state index contributed by atoms with van der Waals surface area (Å²) in [7, 11) is 0. The van der Waals surface area contributed by atoms with Gasteiger partial charge in [-0.15, -0.1) is 0 Å². The van der Waals surface area contributed by atoms with Crippen molar-refractivity contribution in [3.8, 4) is 5.75 Å². The summed E-state index contributed by atoms with van der Waals surface area (Å²) in [5.41, 5.74) is 4.00. The Morgan fingerprint density at radius 2 is 1.81 bits per heavy atom. The van der Waals surface area contributed by atoms with Gasteiger partial charge in [-0.2, -0.15) is 0 Å². The molecule has 7 atom stereocenters. The lowest BCUT2D eigenvalue weighted by atomic mass is 9.84. The number of rotatable bonds is 8. The lowest BCUT2D eigenvalue weighted by Crippen LogP contribution is -2.62. The Kier molecular flexibility index (Phi) is 16.6. The third-order valence-electron chi connectivity index (χ3n) is 9.53. The van der Waals surface area contributed by atoms with Crippen LogP contribution in [-0.2, 0) is 39.9 Å². The number of nitrogens with one attached hydrogen (secondary N) is 3. The van der Waals surface area contributed by atoms with Gasteiger partial charge in [0.15, 0.2) is 0 Å². The molecule has 2 aliphatic rings. The molecule has 14 nitrogen and oxygen atoms in total. The molecule has 1 saturated heterocycles. The van der Waals surface area contributed by atoms with E-state index in [9.17, 15) is 44.1 Å². The molecule has 0 radical (unpaired) electrons. The second-order valence-corrected chi connectivity index (χ2v) is 14.2. The number of ether oxygens (including phenoxy) is 1. The number of aromatic hydroxyl groups is 1. The van der Waals surface area contributed by atoms with Crippen LogP contribution in [-0.4, -0.2) is 93.0 Å². The van der Waals surface area contributed by atoms with E-state index in [1.807, 2.05) is 0 Å². The number of phenols is 1. The van der Waals surface area contributed by atoms with Crippen LogP contribution < -0.4 is 16.1 Å². The zero-order chi connectivity index (χ0) is 39.2. The van der Waals surface area contributed by atoms with Crippen LogP contribution in [0.4, 0.5) is 0 Å². The van der Waals surface area contributed by atoms with Gasteiger partial charge in [-0.3, -0.25) is 19.4 Å². The smallest absolute Gasteiger partial charge is 0.330 e. The van der Waals surface area contributed by atoms with Gasteiger partial charge in [0.25, 0.3) is 5.91 Å². The third-order valence-corrected chi connectivity index (χ3v) is 9.53. The second-order valence-electron chi connectivity index (χ2n) is 14.2. The van der Waals surface area contributed by atoms with Gasteiger partial charge < -0.3 is 40.3 Å². The number of allylic oxidation sites excluding steroid dienone is 4. The van der Waals surface area contributed by atoms with Crippen LogP contribution in [0, 0.1) is 17.8 Å². The minimum absolute atomic E-state index is 0.0231. The van der Waals surface area contributed by atoms with Crippen LogP contribution in [0.2, 0.25) is 0 Å². The van der Waals surface area contributed by atoms with Crippen molar-refractivity contribution in [1.29, 1.82) is 0 Å². The van der Waals surface area contributed by atoms with Crippen LogP contribution >= 0.6 is 0 Å². The number of carbonyl (C=O) groups excluding carboxylic acids is 6. The van der Waals surface area contributed by atoms with Gasteiger partial charge in [-0.25, -0.2) is 10.2 Å². The molecule has 0 aliphatic carbocycles. The Labute approximate surface area is 310 Å². The van der Waals surface area contributed by atoms with Crippen molar-refractivity contribution in [3.63, 3.8) is 0 Å².